The number of rotatable bonds is 5. The van der Waals surface area contributed by atoms with E-state index in [1.807, 2.05) is 0 Å². The molecule has 1 aromatic heterocycles. The van der Waals surface area contributed by atoms with Gasteiger partial charge in [-0.25, -0.2) is 0 Å². The molecule has 3 aromatic rings. The van der Waals surface area contributed by atoms with Crippen LogP contribution in [-0.2, 0) is 4.74 Å². The van der Waals surface area contributed by atoms with Crippen molar-refractivity contribution in [2.75, 3.05) is 13.7 Å². The van der Waals surface area contributed by atoms with Gasteiger partial charge in [-0.15, -0.1) is 0 Å². The molecule has 32 heavy (non-hydrogen) atoms. The highest BCUT2D eigenvalue weighted by Gasteiger charge is 2.44. The average molecular weight is 448 g/mol. The van der Waals surface area contributed by atoms with Gasteiger partial charge < -0.3 is 49.3 Å². The number of hydrogen-bond acceptors (Lipinski definition) is 11. The Kier molecular flexibility index (Phi) is 5.57. The third kappa shape index (κ3) is 3.56. The van der Waals surface area contributed by atoms with E-state index in [1.165, 1.54) is 25.3 Å². The van der Waals surface area contributed by atoms with Crippen LogP contribution in [-0.4, -0.2) is 69.0 Å². The summed E-state index contributed by atoms with van der Waals surface area (Å²) in [6.45, 7) is -0.601. The van der Waals surface area contributed by atoms with Gasteiger partial charge in [0.05, 0.1) is 13.7 Å². The first-order valence-corrected chi connectivity index (χ1v) is 9.44. The molecule has 1 fully saturated rings. The van der Waals surface area contributed by atoms with Crippen molar-refractivity contribution in [2.45, 2.75) is 24.6 Å². The largest absolute Gasteiger partial charge is 0.508 e. The van der Waals surface area contributed by atoms with Crippen molar-refractivity contribution in [1.29, 1.82) is 0 Å². The van der Waals surface area contributed by atoms with Crippen LogP contribution in [0.5, 0.6) is 28.7 Å². The molecule has 1 aliphatic rings. The van der Waals surface area contributed by atoms with E-state index < -0.39 is 53.9 Å². The quantitative estimate of drug-likeness (QED) is 0.298. The fourth-order valence-corrected chi connectivity index (χ4v) is 3.45. The number of aromatic hydroxyl groups is 3. The highest BCUT2D eigenvalue weighted by molar-refractivity contribution is 5.88. The van der Waals surface area contributed by atoms with Gasteiger partial charge in [0.2, 0.25) is 17.5 Å². The minimum atomic E-state index is -1.59. The summed E-state index contributed by atoms with van der Waals surface area (Å²) < 4.78 is 21.9. The van der Waals surface area contributed by atoms with E-state index in [4.69, 9.17) is 18.6 Å². The summed E-state index contributed by atoms with van der Waals surface area (Å²) in [6, 6.07) is 5.99. The Balaban J connectivity index is 1.94. The monoisotopic (exact) mass is 448 g/mol. The van der Waals surface area contributed by atoms with Gasteiger partial charge in [0.15, 0.2) is 17.3 Å². The zero-order valence-corrected chi connectivity index (χ0v) is 16.6. The lowest BCUT2D eigenvalue weighted by molar-refractivity contribution is -0.117. The standard InChI is InChI=1S/C21H20O11/c1-29-12-5-9(23)6-13-15(12)17(27)20(32-21-18(28)16(26)14(7-22)31-21)19(30-13)8-2-3-10(24)11(25)4-8/h2-6,14,16,18,21-26,28H,7H2,1H3. The van der Waals surface area contributed by atoms with E-state index in [2.05, 4.69) is 0 Å². The summed E-state index contributed by atoms with van der Waals surface area (Å²) in [5, 5.41) is 58.9. The van der Waals surface area contributed by atoms with Crippen LogP contribution >= 0.6 is 0 Å². The SMILES string of the molecule is COc1cc(O)cc2oc(-c3ccc(O)c(O)c3)c(OC3OC(CO)C(O)C3O)c(=O)c12. The lowest BCUT2D eigenvalue weighted by Crippen LogP contribution is -2.36. The van der Waals surface area contributed by atoms with E-state index >= 15 is 0 Å². The molecule has 6 N–H and O–H groups in total. The van der Waals surface area contributed by atoms with Crippen LogP contribution in [0.1, 0.15) is 0 Å². The van der Waals surface area contributed by atoms with Gasteiger partial charge in [0.25, 0.3) is 0 Å². The maximum Gasteiger partial charge on any atom is 0.239 e. The Morgan fingerprint density at radius 3 is 2.41 bits per heavy atom. The number of fused-ring (bicyclic) bond motifs is 1. The maximum absolute atomic E-state index is 13.4. The van der Waals surface area contributed by atoms with Gasteiger partial charge in [-0.1, -0.05) is 0 Å². The van der Waals surface area contributed by atoms with Crippen LogP contribution in [0.3, 0.4) is 0 Å². The molecule has 1 aliphatic heterocycles. The van der Waals surface area contributed by atoms with E-state index in [0.717, 1.165) is 12.1 Å². The average Bonchev–Trinajstić information content (AvgIpc) is 3.04. The molecule has 1 saturated heterocycles. The van der Waals surface area contributed by atoms with Crippen LogP contribution in [0.4, 0.5) is 0 Å². The summed E-state index contributed by atoms with van der Waals surface area (Å²) in [5.41, 5.74) is -0.713. The van der Waals surface area contributed by atoms with Crippen LogP contribution in [0.15, 0.2) is 39.5 Å². The molecule has 2 heterocycles. The van der Waals surface area contributed by atoms with Crippen LogP contribution in [0.2, 0.25) is 0 Å². The zero-order valence-electron chi connectivity index (χ0n) is 16.6. The van der Waals surface area contributed by atoms with Crippen LogP contribution in [0.25, 0.3) is 22.3 Å². The molecule has 11 heteroatoms. The highest BCUT2D eigenvalue weighted by Crippen LogP contribution is 2.39. The zero-order chi connectivity index (χ0) is 23.2. The highest BCUT2D eigenvalue weighted by atomic mass is 16.7. The fraction of sp³-hybridized carbons (Fsp3) is 0.286. The first-order chi connectivity index (χ1) is 15.2. The second kappa shape index (κ2) is 8.20. The van der Waals surface area contributed by atoms with Gasteiger partial charge in [-0.3, -0.25) is 4.79 Å². The van der Waals surface area contributed by atoms with Crippen molar-refractivity contribution in [3.05, 3.63) is 40.6 Å². The minimum Gasteiger partial charge on any atom is -0.508 e. The third-order valence-corrected chi connectivity index (χ3v) is 5.09. The van der Waals surface area contributed by atoms with Crippen molar-refractivity contribution >= 4 is 11.0 Å². The molecule has 0 amide bonds. The molecular formula is C21H20O11. The van der Waals surface area contributed by atoms with Crippen molar-refractivity contribution < 1.29 is 49.3 Å². The molecule has 11 nitrogen and oxygen atoms in total. The van der Waals surface area contributed by atoms with Crippen molar-refractivity contribution in [3.63, 3.8) is 0 Å². The Bertz CT molecular complexity index is 1220. The van der Waals surface area contributed by atoms with Gasteiger partial charge in [-0.05, 0) is 18.2 Å². The molecule has 0 radical (unpaired) electrons. The lowest BCUT2D eigenvalue weighted by Gasteiger charge is -2.19. The van der Waals surface area contributed by atoms with E-state index in [9.17, 15) is 35.4 Å². The number of phenolic OH excluding ortho intramolecular Hbond substituents is 3. The Labute approximate surface area is 179 Å². The van der Waals surface area contributed by atoms with Gasteiger partial charge >= 0.3 is 0 Å². The first-order valence-electron chi connectivity index (χ1n) is 9.44. The van der Waals surface area contributed by atoms with Gasteiger partial charge in [0.1, 0.15) is 40.8 Å². The number of aliphatic hydroxyl groups excluding tert-OH is 3. The fourth-order valence-electron chi connectivity index (χ4n) is 3.45. The molecule has 4 rings (SSSR count). The molecule has 0 saturated carbocycles. The molecule has 2 aromatic carbocycles. The number of benzene rings is 2. The Morgan fingerprint density at radius 1 is 1.03 bits per heavy atom. The minimum absolute atomic E-state index is 0.0140. The van der Waals surface area contributed by atoms with Crippen LogP contribution < -0.4 is 14.9 Å². The summed E-state index contributed by atoms with van der Waals surface area (Å²) in [7, 11) is 1.28. The number of methoxy groups -OCH3 is 1. The number of ether oxygens (including phenoxy) is 3. The van der Waals surface area contributed by atoms with Crippen molar-refractivity contribution in [3.8, 4) is 40.1 Å². The van der Waals surface area contributed by atoms with Crippen molar-refractivity contribution in [2.24, 2.45) is 0 Å². The number of phenols is 3. The summed E-state index contributed by atoms with van der Waals surface area (Å²) in [5.74, 6) is -1.85. The van der Waals surface area contributed by atoms with E-state index in [1.54, 1.807) is 0 Å². The van der Waals surface area contributed by atoms with Gasteiger partial charge in [-0.2, -0.15) is 0 Å². The van der Waals surface area contributed by atoms with Crippen molar-refractivity contribution in [1.82, 2.24) is 0 Å². The lowest BCUT2D eigenvalue weighted by atomic mass is 10.1. The smallest absolute Gasteiger partial charge is 0.239 e. The summed E-state index contributed by atoms with van der Waals surface area (Å²) >= 11 is 0. The molecule has 0 bridgehead atoms. The predicted molar refractivity (Wildman–Crippen MR) is 108 cm³/mol. The third-order valence-electron chi connectivity index (χ3n) is 5.09. The number of aliphatic hydroxyl groups is 3. The Hall–Kier alpha value is -3.51. The number of hydrogen-bond donors (Lipinski definition) is 6. The molecule has 4 atom stereocenters. The van der Waals surface area contributed by atoms with Gasteiger partial charge in [0, 0.05) is 17.7 Å². The molecule has 170 valence electrons. The van der Waals surface area contributed by atoms with E-state index in [0.29, 0.717) is 0 Å². The topological polar surface area (TPSA) is 179 Å². The molecular weight excluding hydrogens is 428 g/mol. The summed E-state index contributed by atoms with van der Waals surface area (Å²) in [4.78, 5) is 13.4. The van der Waals surface area contributed by atoms with Crippen LogP contribution in [0, 0.1) is 0 Å². The normalized spacial score (nSPS) is 22.9. The maximum atomic E-state index is 13.4. The summed E-state index contributed by atoms with van der Waals surface area (Å²) in [6.07, 6.45) is -5.74. The molecule has 0 aliphatic carbocycles. The predicted octanol–water partition coefficient (Wildman–Crippen LogP) is 0.403. The molecule has 4 unspecified atom stereocenters. The first kappa shape index (κ1) is 21.7. The van der Waals surface area contributed by atoms with E-state index in [-0.39, 0.29) is 33.8 Å². The molecule has 0 spiro atoms. The Morgan fingerprint density at radius 2 is 1.78 bits per heavy atom. The second-order valence-electron chi connectivity index (χ2n) is 7.14. The second-order valence-corrected chi connectivity index (χ2v) is 7.14.